The molecule has 0 fully saturated rings. The molecule has 0 bridgehead atoms. The van der Waals surface area contributed by atoms with Crippen LogP contribution in [0.25, 0.3) is 10.4 Å². The van der Waals surface area contributed by atoms with Gasteiger partial charge in [0.1, 0.15) is 0 Å². The van der Waals surface area contributed by atoms with Crippen molar-refractivity contribution in [3.63, 3.8) is 0 Å². The van der Waals surface area contributed by atoms with Crippen LogP contribution in [0.4, 0.5) is 0 Å². The Kier molecular flexibility index (Phi) is 9.74. The van der Waals surface area contributed by atoms with Gasteiger partial charge >= 0.3 is 0 Å². The van der Waals surface area contributed by atoms with Crippen LogP contribution in [-0.4, -0.2) is 32.7 Å². The molecule has 0 aromatic rings. The van der Waals surface area contributed by atoms with E-state index in [1.54, 1.807) is 0 Å². The van der Waals surface area contributed by atoms with Crippen molar-refractivity contribution in [3.8, 4) is 0 Å². The molecule has 0 spiro atoms. The Balaban J connectivity index is 3.02. The minimum absolute atomic E-state index is 0.594. The first kappa shape index (κ1) is 13.2. The number of hydrogen-bond acceptors (Lipinski definition) is 3. The van der Waals surface area contributed by atoms with Crippen LogP contribution in [0.1, 0.15) is 26.2 Å². The molecule has 0 heterocycles. The van der Waals surface area contributed by atoms with Crippen LogP contribution in [0.2, 0.25) is 0 Å². The van der Waals surface area contributed by atoms with Crippen molar-refractivity contribution in [2.45, 2.75) is 32.2 Å². The molecule has 0 aliphatic heterocycles. The SMILES string of the molecule is CNC(C)CCCNCCCN=[N+]=[N-]. The van der Waals surface area contributed by atoms with Crippen molar-refractivity contribution in [2.24, 2.45) is 5.11 Å². The fraction of sp³-hybridized carbons (Fsp3) is 1.00. The van der Waals surface area contributed by atoms with Crippen LogP contribution < -0.4 is 10.6 Å². The van der Waals surface area contributed by atoms with E-state index in [4.69, 9.17) is 5.53 Å². The lowest BCUT2D eigenvalue weighted by molar-refractivity contribution is 0.518. The van der Waals surface area contributed by atoms with Crippen LogP contribution in [0.5, 0.6) is 0 Å². The van der Waals surface area contributed by atoms with Gasteiger partial charge in [-0.2, -0.15) is 0 Å². The summed E-state index contributed by atoms with van der Waals surface area (Å²) in [6.45, 7) is 4.76. The summed E-state index contributed by atoms with van der Waals surface area (Å²) >= 11 is 0. The highest BCUT2D eigenvalue weighted by Gasteiger charge is 1.96. The van der Waals surface area contributed by atoms with Crippen LogP contribution >= 0.6 is 0 Å². The van der Waals surface area contributed by atoms with E-state index in [0.717, 1.165) is 19.5 Å². The molecule has 2 N–H and O–H groups in total. The normalized spacial score (nSPS) is 12.1. The molecule has 0 rings (SSSR count). The molecule has 0 aromatic heterocycles. The van der Waals surface area contributed by atoms with E-state index in [-0.39, 0.29) is 0 Å². The molecule has 0 saturated heterocycles. The van der Waals surface area contributed by atoms with E-state index in [1.807, 2.05) is 7.05 Å². The number of nitrogens with zero attached hydrogens (tertiary/aromatic N) is 3. The predicted molar refractivity (Wildman–Crippen MR) is 59.3 cm³/mol. The van der Waals surface area contributed by atoms with E-state index >= 15 is 0 Å². The van der Waals surface area contributed by atoms with Crippen LogP contribution in [0.15, 0.2) is 5.11 Å². The summed E-state index contributed by atoms with van der Waals surface area (Å²) in [4.78, 5) is 2.69. The Bertz CT molecular complexity index is 165. The molecular weight excluding hydrogens is 178 g/mol. The molecule has 0 amide bonds. The first-order valence-corrected chi connectivity index (χ1v) is 5.20. The van der Waals surface area contributed by atoms with Gasteiger partial charge in [-0.05, 0) is 51.9 Å². The highest BCUT2D eigenvalue weighted by molar-refractivity contribution is 4.58. The van der Waals surface area contributed by atoms with Crippen molar-refractivity contribution < 1.29 is 0 Å². The van der Waals surface area contributed by atoms with Gasteiger partial charge in [0, 0.05) is 17.5 Å². The average Bonchev–Trinajstić information content (AvgIpc) is 2.21. The van der Waals surface area contributed by atoms with Crippen molar-refractivity contribution in [3.05, 3.63) is 10.4 Å². The summed E-state index contributed by atoms with van der Waals surface area (Å²) in [6.07, 6.45) is 3.30. The van der Waals surface area contributed by atoms with Gasteiger partial charge in [-0.25, -0.2) is 0 Å². The second kappa shape index (κ2) is 10.3. The summed E-state index contributed by atoms with van der Waals surface area (Å²) in [5.74, 6) is 0. The van der Waals surface area contributed by atoms with E-state index < -0.39 is 0 Å². The lowest BCUT2D eigenvalue weighted by Gasteiger charge is -2.09. The minimum atomic E-state index is 0.594. The third-order valence-electron chi connectivity index (χ3n) is 2.16. The predicted octanol–water partition coefficient (Wildman–Crippen LogP) is 1.66. The highest BCUT2D eigenvalue weighted by Crippen LogP contribution is 1.93. The fourth-order valence-corrected chi connectivity index (χ4v) is 1.12. The van der Waals surface area contributed by atoms with E-state index in [9.17, 15) is 0 Å². The third kappa shape index (κ3) is 9.32. The zero-order valence-corrected chi connectivity index (χ0v) is 9.16. The summed E-state index contributed by atoms with van der Waals surface area (Å²) in [6, 6.07) is 0.597. The van der Waals surface area contributed by atoms with Crippen molar-refractivity contribution in [1.82, 2.24) is 10.6 Å². The summed E-state index contributed by atoms with van der Waals surface area (Å²) in [5, 5.41) is 9.98. The highest BCUT2D eigenvalue weighted by atomic mass is 15.1. The second-order valence-electron chi connectivity index (χ2n) is 3.39. The minimum Gasteiger partial charge on any atom is -0.317 e. The second-order valence-corrected chi connectivity index (χ2v) is 3.39. The van der Waals surface area contributed by atoms with Gasteiger partial charge in [0.2, 0.25) is 0 Å². The number of azide groups is 1. The molecule has 1 unspecified atom stereocenters. The molecular formula is C9H21N5. The van der Waals surface area contributed by atoms with Gasteiger partial charge in [0.05, 0.1) is 0 Å². The van der Waals surface area contributed by atoms with Gasteiger partial charge in [0.25, 0.3) is 0 Å². The fourth-order valence-electron chi connectivity index (χ4n) is 1.12. The Labute approximate surface area is 85.9 Å². The molecule has 82 valence electrons. The molecule has 5 nitrogen and oxygen atoms in total. The Hall–Kier alpha value is -0.770. The monoisotopic (exact) mass is 199 g/mol. The molecule has 0 saturated carbocycles. The zero-order chi connectivity index (χ0) is 10.6. The Morgan fingerprint density at radius 2 is 2.07 bits per heavy atom. The summed E-state index contributed by atoms with van der Waals surface area (Å²) in [7, 11) is 1.98. The maximum absolute atomic E-state index is 8.03. The standard InChI is InChI=1S/C9H21N5/c1-9(11-2)5-3-6-12-7-4-8-13-14-10/h9,11-12H,3-8H2,1-2H3. The molecule has 0 aromatic carbocycles. The number of hydrogen-bond donors (Lipinski definition) is 2. The third-order valence-corrected chi connectivity index (χ3v) is 2.16. The largest absolute Gasteiger partial charge is 0.317 e. The van der Waals surface area contributed by atoms with Gasteiger partial charge in [-0.3, -0.25) is 0 Å². The molecule has 5 heteroatoms. The van der Waals surface area contributed by atoms with Gasteiger partial charge in [-0.15, -0.1) is 0 Å². The van der Waals surface area contributed by atoms with Gasteiger partial charge in [-0.1, -0.05) is 5.11 Å². The smallest absolute Gasteiger partial charge is 0.0269 e. The lowest BCUT2D eigenvalue weighted by atomic mass is 10.2. The molecule has 0 radical (unpaired) electrons. The summed E-state index contributed by atoms with van der Waals surface area (Å²) in [5.41, 5.74) is 8.03. The summed E-state index contributed by atoms with van der Waals surface area (Å²) < 4.78 is 0. The molecule has 1 atom stereocenters. The molecule has 0 aliphatic carbocycles. The van der Waals surface area contributed by atoms with E-state index in [1.165, 1.54) is 12.8 Å². The number of rotatable bonds is 9. The first-order valence-electron chi connectivity index (χ1n) is 5.20. The Morgan fingerprint density at radius 1 is 1.36 bits per heavy atom. The molecule has 0 aliphatic rings. The molecule has 14 heavy (non-hydrogen) atoms. The maximum Gasteiger partial charge on any atom is 0.0269 e. The van der Waals surface area contributed by atoms with Crippen LogP contribution in [-0.2, 0) is 0 Å². The van der Waals surface area contributed by atoms with Gasteiger partial charge < -0.3 is 10.6 Å². The Morgan fingerprint density at radius 3 is 2.71 bits per heavy atom. The number of nitrogens with one attached hydrogen (secondary N) is 2. The van der Waals surface area contributed by atoms with Crippen molar-refractivity contribution >= 4 is 0 Å². The topological polar surface area (TPSA) is 72.8 Å². The van der Waals surface area contributed by atoms with Crippen LogP contribution in [0.3, 0.4) is 0 Å². The van der Waals surface area contributed by atoms with Crippen molar-refractivity contribution in [1.29, 1.82) is 0 Å². The average molecular weight is 199 g/mol. The van der Waals surface area contributed by atoms with Gasteiger partial charge in [0.15, 0.2) is 0 Å². The van der Waals surface area contributed by atoms with E-state index in [0.29, 0.717) is 12.6 Å². The van der Waals surface area contributed by atoms with E-state index in [2.05, 4.69) is 27.6 Å². The quantitative estimate of drug-likeness (QED) is 0.256. The lowest BCUT2D eigenvalue weighted by Crippen LogP contribution is -2.24. The zero-order valence-electron chi connectivity index (χ0n) is 9.16. The van der Waals surface area contributed by atoms with Crippen molar-refractivity contribution in [2.75, 3.05) is 26.7 Å². The van der Waals surface area contributed by atoms with Crippen LogP contribution in [0, 0.1) is 0 Å². The first-order chi connectivity index (χ1) is 6.81. The maximum atomic E-state index is 8.03.